The number of rotatable bonds is 14. The standard InChI is InChI=1S/C24H36NO8P/c1-7-18-10-11-19(14-15-34(29,31-8-2)32-9-3)21(16-18)30-17-20(12-13-22(26)27)25-23(28)33-24(4,5)6/h7,10-11,14-16,20H,1,8-9,12-13,17H2,2-6H3,(H,25,28)(H,26,27)/b15-14+/t20-/m0/s1. The van der Waals surface area contributed by atoms with Crippen LogP contribution in [0.5, 0.6) is 5.75 Å². The summed E-state index contributed by atoms with van der Waals surface area (Å²) in [5, 5.41) is 11.7. The highest BCUT2D eigenvalue weighted by atomic mass is 31.2. The van der Waals surface area contributed by atoms with Crippen molar-refractivity contribution in [2.24, 2.45) is 0 Å². The van der Waals surface area contributed by atoms with Gasteiger partial charge in [0.1, 0.15) is 18.0 Å². The van der Waals surface area contributed by atoms with Gasteiger partial charge in [0.05, 0.1) is 19.3 Å². The molecular formula is C24H36NO8P. The molecule has 34 heavy (non-hydrogen) atoms. The molecule has 190 valence electrons. The Kier molecular flexibility index (Phi) is 12.1. The molecule has 1 aromatic rings. The first-order valence-electron chi connectivity index (χ1n) is 11.1. The molecule has 0 heterocycles. The molecule has 0 aliphatic rings. The van der Waals surface area contributed by atoms with Gasteiger partial charge in [0.2, 0.25) is 0 Å². The van der Waals surface area contributed by atoms with Crippen LogP contribution < -0.4 is 10.1 Å². The number of benzene rings is 1. The molecule has 1 atom stereocenters. The number of carboxylic acid groups (broad SMARTS) is 1. The molecule has 0 fully saturated rings. The first kappa shape index (κ1) is 29.4. The van der Waals surface area contributed by atoms with Crippen molar-refractivity contribution >= 4 is 31.8 Å². The minimum Gasteiger partial charge on any atom is -0.491 e. The fraction of sp³-hybridized carbons (Fsp3) is 0.500. The van der Waals surface area contributed by atoms with Gasteiger partial charge in [-0.2, -0.15) is 0 Å². The third-order valence-corrected chi connectivity index (χ3v) is 5.95. The molecular weight excluding hydrogens is 461 g/mol. The number of amides is 1. The summed E-state index contributed by atoms with van der Waals surface area (Å²) >= 11 is 0. The summed E-state index contributed by atoms with van der Waals surface area (Å²) in [5.41, 5.74) is 0.680. The third-order valence-electron chi connectivity index (χ3n) is 4.20. The predicted octanol–water partition coefficient (Wildman–Crippen LogP) is 5.70. The van der Waals surface area contributed by atoms with E-state index in [-0.39, 0.29) is 32.7 Å². The molecule has 0 saturated heterocycles. The first-order valence-corrected chi connectivity index (χ1v) is 12.7. The lowest BCUT2D eigenvalue weighted by atomic mass is 10.1. The molecule has 0 radical (unpaired) electrons. The summed E-state index contributed by atoms with van der Waals surface area (Å²) < 4.78 is 34.6. The Labute approximate surface area is 201 Å². The smallest absolute Gasteiger partial charge is 0.407 e. The fourth-order valence-electron chi connectivity index (χ4n) is 2.75. The molecule has 0 aliphatic heterocycles. The molecule has 0 spiro atoms. The molecule has 0 bridgehead atoms. The lowest BCUT2D eigenvalue weighted by Gasteiger charge is -2.24. The van der Waals surface area contributed by atoms with Gasteiger partial charge in [0, 0.05) is 17.8 Å². The van der Waals surface area contributed by atoms with Crippen LogP contribution in [0.25, 0.3) is 12.2 Å². The van der Waals surface area contributed by atoms with E-state index in [4.69, 9.17) is 23.6 Å². The van der Waals surface area contributed by atoms with Crippen molar-refractivity contribution in [2.75, 3.05) is 19.8 Å². The molecule has 1 aromatic carbocycles. The average Bonchev–Trinajstić information content (AvgIpc) is 2.73. The Hall–Kier alpha value is -2.61. The van der Waals surface area contributed by atoms with Crippen LogP contribution in [-0.4, -0.2) is 48.6 Å². The summed E-state index contributed by atoms with van der Waals surface area (Å²) in [5.74, 6) is 0.812. The SMILES string of the molecule is C=Cc1ccc(/C=C/P(=O)(OCC)OCC)c(OC[C@H](CCC(=O)O)NC(=O)OC(C)(C)C)c1. The van der Waals surface area contributed by atoms with Crippen LogP contribution in [0.15, 0.2) is 30.6 Å². The first-order chi connectivity index (χ1) is 15.9. The summed E-state index contributed by atoms with van der Waals surface area (Å²) in [4.78, 5) is 23.3. The second kappa shape index (κ2) is 13.9. The molecule has 0 aliphatic carbocycles. The molecule has 1 rings (SSSR count). The van der Waals surface area contributed by atoms with E-state index < -0.39 is 31.3 Å². The minimum atomic E-state index is -3.42. The van der Waals surface area contributed by atoms with E-state index in [0.29, 0.717) is 11.3 Å². The quantitative estimate of drug-likeness (QED) is 0.314. The van der Waals surface area contributed by atoms with Gasteiger partial charge in [-0.1, -0.05) is 24.8 Å². The number of nitrogens with one attached hydrogen (secondary N) is 1. The number of hydrogen-bond donors (Lipinski definition) is 2. The third kappa shape index (κ3) is 11.5. The van der Waals surface area contributed by atoms with Crippen LogP contribution in [0, 0.1) is 0 Å². The summed E-state index contributed by atoms with van der Waals surface area (Å²) in [6.45, 7) is 12.8. The van der Waals surface area contributed by atoms with E-state index >= 15 is 0 Å². The topological polar surface area (TPSA) is 120 Å². The Morgan fingerprint density at radius 3 is 2.38 bits per heavy atom. The highest BCUT2D eigenvalue weighted by Gasteiger charge is 2.22. The number of aliphatic carboxylic acids is 1. The van der Waals surface area contributed by atoms with Gasteiger partial charge in [0.25, 0.3) is 0 Å². The monoisotopic (exact) mass is 497 g/mol. The number of ether oxygens (including phenoxy) is 2. The van der Waals surface area contributed by atoms with E-state index in [1.54, 1.807) is 58.9 Å². The zero-order chi connectivity index (χ0) is 25.8. The van der Waals surface area contributed by atoms with Crippen LogP contribution in [0.3, 0.4) is 0 Å². The van der Waals surface area contributed by atoms with Gasteiger partial charge < -0.3 is 28.9 Å². The lowest BCUT2D eigenvalue weighted by molar-refractivity contribution is -0.137. The van der Waals surface area contributed by atoms with Crippen molar-refractivity contribution in [3.8, 4) is 5.75 Å². The largest absolute Gasteiger partial charge is 0.491 e. The van der Waals surface area contributed by atoms with Gasteiger partial charge in [-0.3, -0.25) is 9.36 Å². The lowest BCUT2D eigenvalue weighted by Crippen LogP contribution is -2.42. The van der Waals surface area contributed by atoms with Gasteiger partial charge in [-0.15, -0.1) is 0 Å². The summed E-state index contributed by atoms with van der Waals surface area (Å²) in [6.07, 6.45) is 2.55. The van der Waals surface area contributed by atoms with Gasteiger partial charge >= 0.3 is 19.7 Å². The van der Waals surface area contributed by atoms with Crippen molar-refractivity contribution < 1.29 is 37.8 Å². The van der Waals surface area contributed by atoms with Crippen LogP contribution >= 0.6 is 7.60 Å². The molecule has 1 amide bonds. The van der Waals surface area contributed by atoms with Gasteiger partial charge in [0.15, 0.2) is 0 Å². The van der Waals surface area contributed by atoms with Crippen molar-refractivity contribution in [1.29, 1.82) is 0 Å². The minimum absolute atomic E-state index is 0.0114. The van der Waals surface area contributed by atoms with Crippen LogP contribution in [0.1, 0.15) is 58.6 Å². The average molecular weight is 498 g/mol. The Balaban J connectivity index is 3.10. The number of carbonyl (C=O) groups is 2. The Bertz CT molecular complexity index is 897. The molecule has 9 nitrogen and oxygen atoms in total. The van der Waals surface area contributed by atoms with Crippen molar-refractivity contribution in [1.82, 2.24) is 5.32 Å². The van der Waals surface area contributed by atoms with Gasteiger partial charge in [-0.05, 0) is 58.7 Å². The maximum Gasteiger partial charge on any atom is 0.407 e. The summed E-state index contributed by atoms with van der Waals surface area (Å²) in [7, 11) is -3.42. The van der Waals surface area contributed by atoms with Crippen LogP contribution in [-0.2, 0) is 23.1 Å². The van der Waals surface area contributed by atoms with Crippen molar-refractivity contribution in [2.45, 2.75) is 59.1 Å². The zero-order valence-corrected chi connectivity index (χ0v) is 21.4. The maximum absolute atomic E-state index is 12.8. The van der Waals surface area contributed by atoms with E-state index in [1.807, 2.05) is 6.07 Å². The molecule has 0 unspecified atom stereocenters. The fourth-order valence-corrected chi connectivity index (χ4v) is 4.06. The predicted molar refractivity (Wildman–Crippen MR) is 132 cm³/mol. The number of carboxylic acids is 1. The second-order valence-corrected chi connectivity index (χ2v) is 10.2. The molecule has 0 saturated carbocycles. The van der Waals surface area contributed by atoms with Crippen molar-refractivity contribution in [3.05, 3.63) is 41.7 Å². The van der Waals surface area contributed by atoms with Crippen molar-refractivity contribution in [3.63, 3.8) is 0 Å². The maximum atomic E-state index is 12.8. The Morgan fingerprint density at radius 1 is 1.21 bits per heavy atom. The highest BCUT2D eigenvalue weighted by Crippen LogP contribution is 2.50. The molecule has 10 heteroatoms. The highest BCUT2D eigenvalue weighted by molar-refractivity contribution is 7.57. The number of hydrogen-bond acceptors (Lipinski definition) is 7. The second-order valence-electron chi connectivity index (χ2n) is 8.28. The van der Waals surface area contributed by atoms with E-state index in [1.165, 1.54) is 5.82 Å². The zero-order valence-electron chi connectivity index (χ0n) is 20.5. The number of carbonyl (C=O) groups excluding carboxylic acids is 1. The van der Waals surface area contributed by atoms with Crippen LogP contribution in [0.4, 0.5) is 4.79 Å². The van der Waals surface area contributed by atoms with Crippen LogP contribution in [0.2, 0.25) is 0 Å². The molecule has 0 aromatic heterocycles. The number of alkyl carbamates (subject to hydrolysis) is 1. The van der Waals surface area contributed by atoms with E-state index in [9.17, 15) is 14.2 Å². The normalized spacial score (nSPS) is 12.9. The van der Waals surface area contributed by atoms with E-state index in [0.717, 1.165) is 5.56 Å². The van der Waals surface area contributed by atoms with E-state index in [2.05, 4.69) is 11.9 Å². The van der Waals surface area contributed by atoms with Gasteiger partial charge in [-0.25, -0.2) is 4.79 Å². The Morgan fingerprint density at radius 2 is 1.85 bits per heavy atom. The molecule has 2 N–H and O–H groups in total. The summed E-state index contributed by atoms with van der Waals surface area (Å²) in [6, 6.07) is 4.69.